The van der Waals surface area contributed by atoms with Crippen molar-refractivity contribution in [3.05, 3.63) is 230 Å². The Morgan fingerprint density at radius 1 is 0.452 bits per heavy atom. The van der Waals surface area contributed by atoms with E-state index in [2.05, 4.69) is 253 Å². The normalized spacial score (nSPS) is 10.6. The molecular formula is C67H77Cl5N6P2PdS2Sn. The van der Waals surface area contributed by atoms with E-state index < -0.39 is 34.2 Å². The molecule has 10 rings (SSSR count). The molecule has 0 aliphatic rings. The molecule has 0 aliphatic heterocycles. The Kier molecular flexibility index (Phi) is 34.9. The maximum atomic E-state index is 5.81. The van der Waals surface area contributed by atoms with Gasteiger partial charge in [-0.3, -0.25) is 0 Å². The monoisotopic (exact) mass is 1490 g/mol. The van der Waals surface area contributed by atoms with Crippen molar-refractivity contribution in [3.8, 4) is 0 Å². The van der Waals surface area contributed by atoms with Crippen molar-refractivity contribution in [3.63, 3.8) is 0 Å². The molecule has 0 saturated heterocycles. The van der Waals surface area contributed by atoms with Crippen LogP contribution in [0.4, 0.5) is 0 Å². The molecule has 0 unspecified atom stereocenters. The first-order valence-corrected chi connectivity index (χ1v) is 44.4. The van der Waals surface area contributed by atoms with E-state index in [4.69, 9.17) is 53.9 Å². The van der Waals surface area contributed by atoms with Crippen LogP contribution in [0.1, 0.15) is 96.3 Å². The Labute approximate surface area is 546 Å². The summed E-state index contributed by atoms with van der Waals surface area (Å²) in [5.41, 5.74) is 2.90. The molecule has 6 aromatic carbocycles. The fourth-order valence-electron chi connectivity index (χ4n) is 8.98. The number of aromatic nitrogens is 6. The van der Waals surface area contributed by atoms with Crippen LogP contribution in [0, 0.1) is 13.8 Å². The molecule has 0 bridgehead atoms. The third-order valence-corrected chi connectivity index (χ3v) is 37.0. The van der Waals surface area contributed by atoms with Gasteiger partial charge in [-0.25, -0.2) is 19.9 Å². The Morgan fingerprint density at radius 2 is 0.726 bits per heavy atom. The molecule has 0 aliphatic carbocycles. The maximum Gasteiger partial charge on any atom is -0.0134 e. The predicted molar refractivity (Wildman–Crippen MR) is 378 cm³/mol. The molecule has 0 fully saturated rings. The molecule has 446 valence electrons. The van der Waals surface area contributed by atoms with Gasteiger partial charge in [0.15, 0.2) is 16.4 Å². The van der Waals surface area contributed by atoms with Crippen LogP contribution in [0.25, 0.3) is 26.3 Å². The van der Waals surface area contributed by atoms with Gasteiger partial charge in [0.05, 0.1) is 20.4 Å². The van der Waals surface area contributed by atoms with Gasteiger partial charge in [0.1, 0.15) is 4.70 Å². The van der Waals surface area contributed by atoms with E-state index in [1.54, 1.807) is 28.2 Å². The summed E-state index contributed by atoms with van der Waals surface area (Å²) in [6, 6.07) is 64.7. The van der Waals surface area contributed by atoms with Crippen LogP contribution in [0.15, 0.2) is 199 Å². The van der Waals surface area contributed by atoms with Gasteiger partial charge in [0.2, 0.25) is 10.6 Å². The number of hydrogen-bond acceptors (Lipinski definition) is 8. The van der Waals surface area contributed by atoms with Crippen LogP contribution in [-0.2, 0) is 15.9 Å². The number of rotatable bonds is 17. The number of unbranched alkanes of at least 4 members (excludes halogenated alkanes) is 3. The van der Waals surface area contributed by atoms with Gasteiger partial charge in [-0.2, -0.15) is 9.97 Å². The summed E-state index contributed by atoms with van der Waals surface area (Å²) in [6.45, 7) is 23.3. The predicted octanol–water partition coefficient (Wildman–Crippen LogP) is 20.6. The van der Waals surface area contributed by atoms with E-state index >= 15 is 0 Å². The van der Waals surface area contributed by atoms with E-state index in [0.29, 0.717) is 16.4 Å². The Bertz CT molecular complexity index is 3140. The van der Waals surface area contributed by atoms with Crippen molar-refractivity contribution in [2.75, 3.05) is 0 Å². The van der Waals surface area contributed by atoms with E-state index in [1.807, 2.05) is 20.8 Å². The van der Waals surface area contributed by atoms with Crippen LogP contribution in [0.5, 0.6) is 0 Å². The van der Waals surface area contributed by atoms with Crippen LogP contribution in [-0.4, -0.2) is 48.3 Å². The van der Waals surface area contributed by atoms with E-state index in [1.165, 1.54) is 81.7 Å². The summed E-state index contributed by atoms with van der Waals surface area (Å²) in [4.78, 5) is 24.3. The number of benzene rings is 6. The van der Waals surface area contributed by atoms with Gasteiger partial charge in [-0.05, 0) is 97.2 Å². The number of fused-ring (bicyclic) bond motifs is 2. The van der Waals surface area contributed by atoms with Gasteiger partial charge < -0.3 is 0 Å². The van der Waals surface area contributed by atoms with Crippen molar-refractivity contribution in [1.29, 1.82) is 0 Å². The molecule has 0 spiro atoms. The van der Waals surface area contributed by atoms with Crippen molar-refractivity contribution in [2.24, 2.45) is 0 Å². The zero-order chi connectivity index (χ0) is 60.0. The second kappa shape index (κ2) is 40.1. The first-order chi connectivity index (χ1) is 40.2. The smallest absolute Gasteiger partial charge is 0.0134 e. The third-order valence-electron chi connectivity index (χ3n) is 13.0. The van der Waals surface area contributed by atoms with Gasteiger partial charge in [-0.15, -0.1) is 22.7 Å². The second-order valence-corrected chi connectivity index (χ2v) is 43.5. The average Bonchev–Trinajstić information content (AvgIpc) is 3.76. The molecular weight excluding hydrogens is 1420 g/mol. The second-order valence-electron chi connectivity index (χ2n) is 19.3. The first kappa shape index (κ1) is 73.0. The van der Waals surface area contributed by atoms with Crippen LogP contribution >= 0.6 is 92.4 Å². The minimum absolute atomic E-state index is 0. The summed E-state index contributed by atoms with van der Waals surface area (Å²) in [5, 5.41) is 11.0. The summed E-state index contributed by atoms with van der Waals surface area (Å²) in [6.07, 6.45) is 8.46. The van der Waals surface area contributed by atoms with Crippen LogP contribution in [0.2, 0.25) is 29.0 Å². The fraction of sp³-hybridized carbons (Fsp3) is 0.254. The standard InChI is InChI=1S/2C18H15P.C9H8ClN3S.C6H3Cl2N3S.3C4H9.C3H5.CH4.2ClH.Pd.Sn/c2*1-4-10-16(11-5-1)19(17-12-6-2-7-13-17)18-14-8-3-9-15-18;1-4(2)6-7-8(11-5(3)14-7)13-9(10)12-6;1-2-9-5-3(12-2)4(7)10-6(8)11-5;3*1-3-4-2;1-3-2;;;;;/h2*1-15H;1H2,2-3H3;1H3;3*1,3-4H2,2H3;1H2,2H3;1H4;2*1H;;/q;;;;;;;;;;;+2;/p-2. The minimum Gasteiger partial charge on any atom is -0.0622 e. The zero-order valence-corrected chi connectivity index (χ0v) is 59.8. The summed E-state index contributed by atoms with van der Waals surface area (Å²) >= 11 is 18.2. The molecule has 84 heavy (non-hydrogen) atoms. The molecule has 4 aromatic heterocycles. The number of hydrogen-bond donors (Lipinski definition) is 0. The molecule has 0 atom stereocenters. The van der Waals surface area contributed by atoms with Crippen molar-refractivity contribution in [2.45, 2.75) is 108 Å². The molecule has 0 saturated carbocycles. The Morgan fingerprint density at radius 3 is 1.00 bits per heavy atom. The van der Waals surface area contributed by atoms with Crippen molar-refractivity contribution in [1.82, 2.24) is 29.9 Å². The Balaban J connectivity index is 0.000000224. The molecule has 0 radical (unpaired) electrons. The van der Waals surface area contributed by atoms with E-state index in [-0.39, 0.29) is 33.9 Å². The summed E-state index contributed by atoms with van der Waals surface area (Å²) in [7, 11) is 8.74. The topological polar surface area (TPSA) is 77.3 Å². The van der Waals surface area contributed by atoms with E-state index in [0.717, 1.165) is 30.7 Å². The molecule has 17 heteroatoms. The van der Waals surface area contributed by atoms with Gasteiger partial charge in [0, 0.05) is 0 Å². The van der Waals surface area contributed by atoms with Crippen LogP contribution < -0.4 is 31.8 Å². The first-order valence-electron chi connectivity index (χ1n) is 27.5. The molecule has 10 aromatic rings. The average molecular weight is 1490 g/mol. The number of thiazole rings is 2. The largest absolute Gasteiger partial charge is 0.0622 e. The molecule has 6 nitrogen and oxygen atoms in total. The third kappa shape index (κ3) is 23.6. The Hall–Kier alpha value is -3.49. The number of allylic oxidation sites excluding steroid dienone is 2. The number of nitrogens with zero attached hydrogens (tertiary/aromatic N) is 6. The van der Waals surface area contributed by atoms with Crippen molar-refractivity contribution >= 4 is 169 Å². The fourth-order valence-corrected chi connectivity index (χ4v) is 30.5. The summed E-state index contributed by atoms with van der Waals surface area (Å²) < 4.78 is 8.10. The zero-order valence-electron chi connectivity index (χ0n) is 48.2. The summed E-state index contributed by atoms with van der Waals surface area (Å²) in [5.74, 6) is 0. The number of aryl methyl sites for hydroxylation is 2. The molecule has 4 heterocycles. The molecule has 0 amide bonds. The van der Waals surface area contributed by atoms with Gasteiger partial charge >= 0.3 is 143 Å². The quantitative estimate of drug-likeness (QED) is 0.0391. The maximum absolute atomic E-state index is 5.81. The number of halogens is 5. The van der Waals surface area contributed by atoms with Gasteiger partial charge in [-0.1, -0.05) is 208 Å². The minimum atomic E-state index is -1.94. The van der Waals surface area contributed by atoms with Crippen molar-refractivity contribution < 1.29 is 15.9 Å². The molecule has 0 N–H and O–H groups in total. The SMILES string of the molecule is C.C=C(C)c1nc(Cl)nc2nc(C)sc12.C=[C](C)[Sn]([CH2]CCC)([CH2]CCC)[CH2]CCC.Cc1nc2nc(Cl)nc(Cl)c2s1.[Cl][Pd][Cl].c1ccc(P(c2ccccc2)c2ccccc2)cc1.c1ccc(P(c2ccccc2)c2ccccc2)cc1. The van der Waals surface area contributed by atoms with Gasteiger partial charge in [0.25, 0.3) is 0 Å². The van der Waals surface area contributed by atoms with Crippen LogP contribution in [0.3, 0.4) is 0 Å². The van der Waals surface area contributed by atoms with E-state index in [9.17, 15) is 0 Å².